The lowest BCUT2D eigenvalue weighted by Crippen LogP contribution is -2.11. The number of amides is 1. The standard InChI is InChI=1S/C30H23N3O4S3/c1-17-4-7-19(8-5-17)28(34)31-22-12-9-20(10-13-22)29-32-23-15-11-21(16-25(23)38-29)30-33-24-14-6-18(2)27(26(24)39-30)40(35,36)37-3/h4-16H,1-3H3,(H,31,34). The molecule has 0 aliphatic heterocycles. The van der Waals surface area contributed by atoms with Crippen LogP contribution in [0.25, 0.3) is 41.6 Å². The van der Waals surface area contributed by atoms with Crippen molar-refractivity contribution in [3.05, 3.63) is 95.6 Å². The van der Waals surface area contributed by atoms with Crippen LogP contribution in [0.3, 0.4) is 0 Å². The summed E-state index contributed by atoms with van der Waals surface area (Å²) < 4.78 is 31.5. The Morgan fingerprint density at radius 2 is 1.45 bits per heavy atom. The minimum Gasteiger partial charge on any atom is -0.322 e. The zero-order chi connectivity index (χ0) is 28.0. The van der Waals surface area contributed by atoms with Gasteiger partial charge in [0.2, 0.25) is 0 Å². The van der Waals surface area contributed by atoms with Crippen molar-refractivity contribution in [3.63, 3.8) is 0 Å². The van der Waals surface area contributed by atoms with Gasteiger partial charge >= 0.3 is 0 Å². The summed E-state index contributed by atoms with van der Waals surface area (Å²) >= 11 is 2.89. The minimum absolute atomic E-state index is 0.155. The van der Waals surface area contributed by atoms with E-state index in [0.717, 1.165) is 36.9 Å². The number of carbonyl (C=O) groups is 1. The summed E-state index contributed by atoms with van der Waals surface area (Å²) in [6.45, 7) is 3.73. The van der Waals surface area contributed by atoms with Gasteiger partial charge in [-0.05, 0) is 80.1 Å². The Kier molecular flexibility index (Phi) is 6.71. The molecule has 7 nitrogen and oxygen atoms in total. The predicted octanol–water partition coefficient (Wildman–Crippen LogP) is 7.44. The normalized spacial score (nSPS) is 11.8. The first-order valence-corrected chi connectivity index (χ1v) is 15.4. The number of anilines is 1. The van der Waals surface area contributed by atoms with E-state index in [2.05, 4.69) is 5.32 Å². The molecular weight excluding hydrogens is 563 g/mol. The molecule has 0 fully saturated rings. The van der Waals surface area contributed by atoms with E-state index < -0.39 is 10.1 Å². The van der Waals surface area contributed by atoms with Crippen molar-refractivity contribution in [2.24, 2.45) is 0 Å². The highest BCUT2D eigenvalue weighted by Crippen LogP contribution is 2.39. The van der Waals surface area contributed by atoms with Crippen molar-refractivity contribution in [1.29, 1.82) is 0 Å². The SMILES string of the molecule is COS(=O)(=O)c1c(C)ccc2nc(-c3ccc4nc(-c5ccc(NC(=O)c6ccc(C)cc6)cc5)sc4c3)sc12. The molecule has 40 heavy (non-hydrogen) atoms. The van der Waals surface area contributed by atoms with Crippen molar-refractivity contribution in [2.75, 3.05) is 12.4 Å². The second-order valence-corrected chi connectivity index (χ2v) is 13.0. The molecule has 1 amide bonds. The summed E-state index contributed by atoms with van der Waals surface area (Å²) in [6, 6.07) is 24.6. The van der Waals surface area contributed by atoms with Crippen LogP contribution < -0.4 is 5.32 Å². The summed E-state index contributed by atoms with van der Waals surface area (Å²) in [5, 5.41) is 4.51. The molecule has 0 atom stereocenters. The van der Waals surface area contributed by atoms with Crippen LogP contribution in [0.2, 0.25) is 0 Å². The Morgan fingerprint density at radius 1 is 0.800 bits per heavy atom. The van der Waals surface area contributed by atoms with Crippen molar-refractivity contribution in [1.82, 2.24) is 9.97 Å². The zero-order valence-electron chi connectivity index (χ0n) is 21.8. The molecule has 4 aromatic carbocycles. The van der Waals surface area contributed by atoms with Crippen molar-refractivity contribution >= 4 is 64.8 Å². The van der Waals surface area contributed by atoms with Crippen LogP contribution in [0.1, 0.15) is 21.5 Å². The maximum absolute atomic E-state index is 12.6. The molecular formula is C30H23N3O4S3. The molecule has 2 aromatic heterocycles. The van der Waals surface area contributed by atoms with Gasteiger partial charge in [0.1, 0.15) is 14.9 Å². The first kappa shape index (κ1) is 26.3. The summed E-state index contributed by atoms with van der Waals surface area (Å²) in [4.78, 5) is 22.2. The van der Waals surface area contributed by atoms with Gasteiger partial charge < -0.3 is 5.32 Å². The van der Waals surface area contributed by atoms with Crippen molar-refractivity contribution in [3.8, 4) is 21.1 Å². The fraction of sp³-hybridized carbons (Fsp3) is 0.100. The number of hydrogen-bond acceptors (Lipinski definition) is 8. The molecule has 0 spiro atoms. The summed E-state index contributed by atoms with van der Waals surface area (Å²) in [5.41, 5.74) is 6.34. The number of hydrogen-bond donors (Lipinski definition) is 1. The van der Waals surface area contributed by atoms with Gasteiger partial charge in [-0.2, -0.15) is 8.42 Å². The van der Waals surface area contributed by atoms with E-state index in [9.17, 15) is 13.2 Å². The molecule has 0 aliphatic rings. The number of benzene rings is 4. The number of nitrogens with zero attached hydrogens (tertiary/aromatic N) is 2. The maximum atomic E-state index is 12.6. The third kappa shape index (κ3) is 4.90. The third-order valence-electron chi connectivity index (χ3n) is 6.52. The zero-order valence-corrected chi connectivity index (χ0v) is 24.2. The monoisotopic (exact) mass is 585 g/mol. The average molecular weight is 586 g/mol. The van der Waals surface area contributed by atoms with E-state index >= 15 is 0 Å². The first-order valence-electron chi connectivity index (χ1n) is 12.3. The second kappa shape index (κ2) is 10.2. The summed E-state index contributed by atoms with van der Waals surface area (Å²) in [7, 11) is -2.71. The molecule has 0 unspecified atom stereocenters. The van der Waals surface area contributed by atoms with Crippen LogP contribution in [0.4, 0.5) is 5.69 Å². The van der Waals surface area contributed by atoms with E-state index in [0.29, 0.717) is 27.0 Å². The van der Waals surface area contributed by atoms with Gasteiger partial charge in [-0.3, -0.25) is 8.98 Å². The molecule has 2 heterocycles. The number of aromatic nitrogens is 2. The number of aryl methyl sites for hydroxylation is 2. The first-order chi connectivity index (χ1) is 19.2. The van der Waals surface area contributed by atoms with Crippen molar-refractivity contribution in [2.45, 2.75) is 18.7 Å². The number of thiazole rings is 2. The molecule has 0 bridgehead atoms. The largest absolute Gasteiger partial charge is 0.322 e. The Balaban J connectivity index is 1.27. The maximum Gasteiger partial charge on any atom is 0.298 e. The van der Waals surface area contributed by atoms with E-state index in [1.165, 1.54) is 18.4 Å². The van der Waals surface area contributed by atoms with Crippen LogP contribution >= 0.6 is 22.7 Å². The molecule has 0 saturated carbocycles. The van der Waals surface area contributed by atoms with Gasteiger partial charge in [-0.15, -0.1) is 22.7 Å². The highest BCUT2D eigenvalue weighted by atomic mass is 32.2. The van der Waals surface area contributed by atoms with Gasteiger partial charge in [0.05, 0.1) is 27.5 Å². The van der Waals surface area contributed by atoms with Gasteiger partial charge in [0, 0.05) is 22.4 Å². The molecule has 10 heteroatoms. The Hall–Kier alpha value is -3.96. The number of carbonyl (C=O) groups excluding carboxylic acids is 1. The van der Waals surface area contributed by atoms with E-state index in [1.807, 2.05) is 79.7 Å². The Labute approximate surface area is 239 Å². The minimum atomic E-state index is -3.87. The molecule has 0 radical (unpaired) electrons. The lowest BCUT2D eigenvalue weighted by atomic mass is 10.1. The fourth-order valence-corrected chi connectivity index (χ4v) is 7.83. The molecule has 1 N–H and O–H groups in total. The molecule has 6 aromatic rings. The Bertz CT molecular complexity index is 2010. The van der Waals surface area contributed by atoms with Crippen LogP contribution in [-0.4, -0.2) is 31.4 Å². The molecule has 6 rings (SSSR count). The lowest BCUT2D eigenvalue weighted by Gasteiger charge is -2.06. The highest BCUT2D eigenvalue weighted by Gasteiger charge is 2.23. The van der Waals surface area contributed by atoms with Gasteiger partial charge in [0.25, 0.3) is 16.0 Å². The third-order valence-corrected chi connectivity index (χ3v) is 10.3. The van der Waals surface area contributed by atoms with E-state index in [4.69, 9.17) is 14.2 Å². The van der Waals surface area contributed by atoms with Crippen LogP contribution in [0.5, 0.6) is 0 Å². The van der Waals surface area contributed by atoms with Crippen molar-refractivity contribution < 1.29 is 17.4 Å². The second-order valence-electron chi connectivity index (χ2n) is 9.30. The fourth-order valence-electron chi connectivity index (χ4n) is 4.37. The number of fused-ring (bicyclic) bond motifs is 2. The van der Waals surface area contributed by atoms with Gasteiger partial charge in [-0.25, -0.2) is 9.97 Å². The smallest absolute Gasteiger partial charge is 0.298 e. The molecule has 0 aliphatic carbocycles. The van der Waals surface area contributed by atoms with Gasteiger partial charge in [-0.1, -0.05) is 23.8 Å². The summed E-state index contributed by atoms with van der Waals surface area (Å²) in [6.07, 6.45) is 0. The predicted molar refractivity (Wildman–Crippen MR) is 162 cm³/mol. The van der Waals surface area contributed by atoms with Gasteiger partial charge in [0.15, 0.2) is 0 Å². The Morgan fingerprint density at radius 3 is 2.17 bits per heavy atom. The van der Waals surface area contributed by atoms with Crippen LogP contribution in [0.15, 0.2) is 83.8 Å². The quantitative estimate of drug-likeness (QED) is 0.204. The average Bonchev–Trinajstić information content (AvgIpc) is 3.57. The van der Waals surface area contributed by atoms with E-state index in [1.54, 1.807) is 24.3 Å². The molecule has 200 valence electrons. The van der Waals surface area contributed by atoms with Crippen LogP contribution in [0, 0.1) is 13.8 Å². The van der Waals surface area contributed by atoms with E-state index in [-0.39, 0.29) is 10.8 Å². The highest BCUT2D eigenvalue weighted by molar-refractivity contribution is 7.87. The topological polar surface area (TPSA) is 98.2 Å². The number of nitrogens with one attached hydrogen (secondary N) is 1. The lowest BCUT2D eigenvalue weighted by molar-refractivity contribution is 0.102. The summed E-state index contributed by atoms with van der Waals surface area (Å²) in [5.74, 6) is -0.155. The molecule has 0 saturated heterocycles. The number of rotatable bonds is 6. The van der Waals surface area contributed by atoms with Crippen LogP contribution in [-0.2, 0) is 14.3 Å².